The predicted octanol–water partition coefficient (Wildman–Crippen LogP) is 0.603. The first-order valence-electron chi connectivity index (χ1n) is 4.78. The summed E-state index contributed by atoms with van der Waals surface area (Å²) in [5.41, 5.74) is 1.08. The van der Waals surface area contributed by atoms with E-state index in [-0.39, 0.29) is 0 Å². The van der Waals surface area contributed by atoms with Crippen LogP contribution >= 0.6 is 0 Å². The number of aryl methyl sites for hydroxylation is 1. The molecule has 1 aromatic heterocycles. The van der Waals surface area contributed by atoms with E-state index in [1.54, 1.807) is 4.68 Å². The van der Waals surface area contributed by atoms with Crippen molar-refractivity contribution in [3.05, 3.63) is 11.9 Å². The Bertz CT molecular complexity index is 244. The fourth-order valence-electron chi connectivity index (χ4n) is 1.31. The highest BCUT2D eigenvalue weighted by Crippen LogP contribution is 2.03. The summed E-state index contributed by atoms with van der Waals surface area (Å²) in [6.45, 7) is 6.42. The third-order valence-corrected chi connectivity index (χ3v) is 1.95. The van der Waals surface area contributed by atoms with Crippen molar-refractivity contribution in [3.8, 4) is 0 Å². The van der Waals surface area contributed by atoms with Crippen LogP contribution in [0.4, 0.5) is 0 Å². The van der Waals surface area contributed by atoms with E-state index in [1.165, 1.54) is 0 Å². The molecule has 0 radical (unpaired) electrons. The van der Waals surface area contributed by atoms with Gasteiger partial charge in [0, 0.05) is 13.2 Å². The Morgan fingerprint density at radius 3 is 2.92 bits per heavy atom. The monoisotopic (exact) mass is 182 g/mol. The maximum absolute atomic E-state index is 4.05. The Morgan fingerprint density at radius 2 is 2.38 bits per heavy atom. The third kappa shape index (κ3) is 3.55. The van der Waals surface area contributed by atoms with Crippen molar-refractivity contribution in [2.75, 3.05) is 13.1 Å². The third-order valence-electron chi connectivity index (χ3n) is 1.95. The summed E-state index contributed by atoms with van der Waals surface area (Å²) >= 11 is 0. The number of rotatable bonds is 5. The van der Waals surface area contributed by atoms with Crippen molar-refractivity contribution in [2.24, 2.45) is 13.0 Å². The van der Waals surface area contributed by atoms with Crippen LogP contribution in [0.15, 0.2) is 6.20 Å². The van der Waals surface area contributed by atoms with E-state index in [2.05, 4.69) is 29.5 Å². The minimum atomic E-state index is 0.622. The number of hydrogen-bond acceptors (Lipinski definition) is 3. The standard InChI is InChI=1S/C9H18N4/c1-4-10-6-8(2)5-9-7-13(3)12-11-9/h7-8,10H,4-6H2,1-3H3. The van der Waals surface area contributed by atoms with Crippen LogP contribution in [0, 0.1) is 5.92 Å². The minimum absolute atomic E-state index is 0.622. The zero-order valence-electron chi connectivity index (χ0n) is 8.62. The number of nitrogens with zero attached hydrogens (tertiary/aromatic N) is 3. The summed E-state index contributed by atoms with van der Waals surface area (Å²) in [7, 11) is 1.89. The molecule has 0 aliphatic heterocycles. The van der Waals surface area contributed by atoms with Crippen molar-refractivity contribution in [2.45, 2.75) is 20.3 Å². The van der Waals surface area contributed by atoms with Gasteiger partial charge < -0.3 is 5.32 Å². The van der Waals surface area contributed by atoms with Gasteiger partial charge in [-0.2, -0.15) is 0 Å². The summed E-state index contributed by atoms with van der Waals surface area (Å²) < 4.78 is 1.75. The average molecular weight is 182 g/mol. The molecule has 0 amide bonds. The van der Waals surface area contributed by atoms with Crippen molar-refractivity contribution >= 4 is 0 Å². The predicted molar refractivity (Wildman–Crippen MR) is 52.4 cm³/mol. The van der Waals surface area contributed by atoms with E-state index in [0.29, 0.717) is 5.92 Å². The summed E-state index contributed by atoms with van der Waals surface area (Å²) in [4.78, 5) is 0. The molecular formula is C9H18N4. The molecule has 0 spiro atoms. The molecule has 0 fully saturated rings. The Hall–Kier alpha value is -0.900. The van der Waals surface area contributed by atoms with Gasteiger partial charge in [0.25, 0.3) is 0 Å². The van der Waals surface area contributed by atoms with Crippen LogP contribution in [0.3, 0.4) is 0 Å². The van der Waals surface area contributed by atoms with Gasteiger partial charge in [0.15, 0.2) is 0 Å². The lowest BCUT2D eigenvalue weighted by atomic mass is 10.1. The van der Waals surface area contributed by atoms with Crippen LogP contribution in [0.1, 0.15) is 19.5 Å². The van der Waals surface area contributed by atoms with Gasteiger partial charge in [-0.3, -0.25) is 4.68 Å². The Balaban J connectivity index is 2.31. The summed E-state index contributed by atoms with van der Waals surface area (Å²) in [6.07, 6.45) is 2.98. The van der Waals surface area contributed by atoms with Gasteiger partial charge in [0.05, 0.1) is 5.69 Å². The average Bonchev–Trinajstić information content (AvgIpc) is 2.48. The zero-order chi connectivity index (χ0) is 9.68. The molecule has 0 aliphatic rings. The van der Waals surface area contributed by atoms with Gasteiger partial charge >= 0.3 is 0 Å². The van der Waals surface area contributed by atoms with Crippen LogP contribution in [0.2, 0.25) is 0 Å². The summed E-state index contributed by atoms with van der Waals surface area (Å²) in [5.74, 6) is 0.622. The highest BCUT2D eigenvalue weighted by Gasteiger charge is 2.05. The van der Waals surface area contributed by atoms with Gasteiger partial charge in [-0.1, -0.05) is 19.1 Å². The van der Waals surface area contributed by atoms with Gasteiger partial charge in [-0.25, -0.2) is 0 Å². The van der Waals surface area contributed by atoms with E-state index in [9.17, 15) is 0 Å². The van der Waals surface area contributed by atoms with Gasteiger partial charge in [-0.15, -0.1) is 5.10 Å². The molecule has 1 N–H and O–H groups in total. The first-order valence-corrected chi connectivity index (χ1v) is 4.78. The number of hydrogen-bond donors (Lipinski definition) is 1. The van der Waals surface area contributed by atoms with Crippen molar-refractivity contribution in [1.29, 1.82) is 0 Å². The number of nitrogens with one attached hydrogen (secondary N) is 1. The lowest BCUT2D eigenvalue weighted by Crippen LogP contribution is -2.21. The highest BCUT2D eigenvalue weighted by atomic mass is 15.4. The molecule has 1 rings (SSSR count). The molecule has 0 aliphatic carbocycles. The zero-order valence-corrected chi connectivity index (χ0v) is 8.62. The maximum Gasteiger partial charge on any atom is 0.0830 e. The van der Waals surface area contributed by atoms with Crippen LogP contribution in [-0.2, 0) is 13.5 Å². The van der Waals surface area contributed by atoms with Crippen molar-refractivity contribution in [1.82, 2.24) is 20.3 Å². The van der Waals surface area contributed by atoms with Gasteiger partial charge in [0.2, 0.25) is 0 Å². The molecule has 0 aromatic carbocycles. The molecular weight excluding hydrogens is 164 g/mol. The lowest BCUT2D eigenvalue weighted by Gasteiger charge is -2.08. The first kappa shape index (κ1) is 10.2. The quantitative estimate of drug-likeness (QED) is 0.725. The molecule has 1 aromatic rings. The van der Waals surface area contributed by atoms with Gasteiger partial charge in [0.1, 0.15) is 0 Å². The van der Waals surface area contributed by atoms with Crippen LogP contribution in [-0.4, -0.2) is 28.1 Å². The SMILES string of the molecule is CCNCC(C)Cc1cn(C)nn1. The maximum atomic E-state index is 4.05. The molecule has 1 heterocycles. The highest BCUT2D eigenvalue weighted by molar-refractivity contribution is 4.93. The second-order valence-corrected chi connectivity index (χ2v) is 3.50. The van der Waals surface area contributed by atoms with Crippen LogP contribution < -0.4 is 5.32 Å². The largest absolute Gasteiger partial charge is 0.317 e. The van der Waals surface area contributed by atoms with Crippen LogP contribution in [0.25, 0.3) is 0 Å². The minimum Gasteiger partial charge on any atom is -0.317 e. The fraction of sp³-hybridized carbons (Fsp3) is 0.778. The normalized spacial score (nSPS) is 13.2. The Labute approximate surface area is 79.3 Å². The molecule has 74 valence electrons. The van der Waals surface area contributed by atoms with Crippen molar-refractivity contribution in [3.63, 3.8) is 0 Å². The van der Waals surface area contributed by atoms with Gasteiger partial charge in [-0.05, 0) is 25.4 Å². The molecule has 13 heavy (non-hydrogen) atoms. The van der Waals surface area contributed by atoms with E-state index in [4.69, 9.17) is 0 Å². The van der Waals surface area contributed by atoms with E-state index in [1.807, 2.05) is 13.2 Å². The summed E-state index contributed by atoms with van der Waals surface area (Å²) in [5, 5.41) is 11.3. The molecule has 1 atom stereocenters. The Kier molecular flexibility index (Phi) is 3.89. The lowest BCUT2D eigenvalue weighted by molar-refractivity contribution is 0.516. The Morgan fingerprint density at radius 1 is 1.62 bits per heavy atom. The second kappa shape index (κ2) is 4.97. The molecule has 1 unspecified atom stereocenters. The molecule has 0 saturated heterocycles. The van der Waals surface area contributed by atoms with E-state index >= 15 is 0 Å². The van der Waals surface area contributed by atoms with E-state index < -0.39 is 0 Å². The second-order valence-electron chi connectivity index (χ2n) is 3.50. The van der Waals surface area contributed by atoms with E-state index in [0.717, 1.165) is 25.2 Å². The molecule has 4 heteroatoms. The fourth-order valence-corrected chi connectivity index (χ4v) is 1.31. The molecule has 0 saturated carbocycles. The van der Waals surface area contributed by atoms with Crippen molar-refractivity contribution < 1.29 is 0 Å². The topological polar surface area (TPSA) is 42.7 Å². The summed E-state index contributed by atoms with van der Waals surface area (Å²) in [6, 6.07) is 0. The first-order chi connectivity index (χ1) is 6.22. The molecule has 0 bridgehead atoms. The smallest absolute Gasteiger partial charge is 0.0830 e. The molecule has 4 nitrogen and oxygen atoms in total. The number of aromatic nitrogens is 3. The van der Waals surface area contributed by atoms with Crippen LogP contribution in [0.5, 0.6) is 0 Å².